The van der Waals surface area contributed by atoms with E-state index in [1.807, 2.05) is 37.3 Å². The van der Waals surface area contributed by atoms with E-state index in [0.29, 0.717) is 24.7 Å². The Bertz CT molecular complexity index is 1310. The van der Waals surface area contributed by atoms with Crippen molar-refractivity contribution in [3.8, 4) is 22.6 Å². The summed E-state index contributed by atoms with van der Waals surface area (Å²) in [5.74, 6) is 1.69. The molecule has 0 aliphatic carbocycles. The fourth-order valence-corrected chi connectivity index (χ4v) is 3.86. The van der Waals surface area contributed by atoms with Crippen molar-refractivity contribution in [2.45, 2.75) is 33.4 Å². The Hall–Kier alpha value is -3.84. The van der Waals surface area contributed by atoms with E-state index in [0.717, 1.165) is 44.7 Å². The third-order valence-corrected chi connectivity index (χ3v) is 5.64. The second-order valence-corrected chi connectivity index (χ2v) is 7.83. The molecule has 2 aromatic carbocycles. The van der Waals surface area contributed by atoms with Crippen LogP contribution in [0.4, 0.5) is 0 Å². The molecule has 0 atom stereocenters. The number of aryl methyl sites for hydroxylation is 1. The number of pyridine rings is 1. The molecule has 0 radical (unpaired) electrons. The topological polar surface area (TPSA) is 96.8 Å². The summed E-state index contributed by atoms with van der Waals surface area (Å²) < 4.78 is 22.6. The Morgan fingerprint density at radius 1 is 1.09 bits per heavy atom. The van der Waals surface area contributed by atoms with Crippen LogP contribution in [-0.2, 0) is 29.1 Å². The Labute approximate surface area is 198 Å². The van der Waals surface area contributed by atoms with Crippen LogP contribution in [0.15, 0.2) is 59.1 Å². The normalized spacial score (nSPS) is 10.9. The van der Waals surface area contributed by atoms with Crippen LogP contribution in [-0.4, -0.2) is 24.7 Å². The number of esters is 1. The predicted octanol–water partition coefficient (Wildman–Crippen LogP) is 4.96. The Kier molecular flexibility index (Phi) is 7.13. The van der Waals surface area contributed by atoms with E-state index in [1.54, 1.807) is 32.4 Å². The average Bonchev–Trinajstić information content (AvgIpc) is 3.17. The number of carbonyl (C=O) groups excluding carboxylic acids is 1. The van der Waals surface area contributed by atoms with Gasteiger partial charge in [0.25, 0.3) is 0 Å². The molecule has 0 unspecified atom stereocenters. The third-order valence-electron chi connectivity index (χ3n) is 5.64. The Balaban J connectivity index is 1.65. The van der Waals surface area contributed by atoms with Crippen molar-refractivity contribution >= 4 is 16.9 Å². The number of hydrogen-bond donors (Lipinski definition) is 1. The summed E-state index contributed by atoms with van der Waals surface area (Å²) >= 11 is 0. The molecule has 4 rings (SSSR count). The van der Waals surface area contributed by atoms with Gasteiger partial charge in [0.2, 0.25) is 0 Å². The monoisotopic (exact) mass is 460 g/mol. The van der Waals surface area contributed by atoms with Gasteiger partial charge in [-0.1, -0.05) is 12.1 Å². The summed E-state index contributed by atoms with van der Waals surface area (Å²) in [5, 5.41) is 0.968. The van der Waals surface area contributed by atoms with Crippen LogP contribution < -0.4 is 15.2 Å². The van der Waals surface area contributed by atoms with E-state index < -0.39 is 0 Å². The van der Waals surface area contributed by atoms with E-state index in [1.165, 1.54) is 0 Å². The highest BCUT2D eigenvalue weighted by atomic mass is 16.5. The molecule has 7 heteroatoms. The van der Waals surface area contributed by atoms with Crippen molar-refractivity contribution in [1.29, 1.82) is 0 Å². The lowest BCUT2D eigenvalue weighted by Crippen LogP contribution is -2.09. The van der Waals surface area contributed by atoms with Gasteiger partial charge in [-0.05, 0) is 55.3 Å². The molecule has 34 heavy (non-hydrogen) atoms. The number of methoxy groups -OCH3 is 1. The van der Waals surface area contributed by atoms with Gasteiger partial charge in [0.15, 0.2) is 0 Å². The van der Waals surface area contributed by atoms with Crippen LogP contribution in [0, 0.1) is 6.92 Å². The molecule has 0 saturated heterocycles. The second kappa shape index (κ2) is 10.4. The first kappa shape index (κ1) is 23.3. The van der Waals surface area contributed by atoms with Crippen LogP contribution in [0.3, 0.4) is 0 Å². The first-order chi connectivity index (χ1) is 16.5. The summed E-state index contributed by atoms with van der Waals surface area (Å²) in [5.41, 5.74) is 11.1. The minimum Gasteiger partial charge on any atom is -0.497 e. The SMILES string of the molecule is CCOC(=O)Cc1ccc(OC)cc1OCc1c(C)oc2ccc(-c3ccnc(CN)c3)cc12. The summed E-state index contributed by atoms with van der Waals surface area (Å²) in [6, 6.07) is 15.4. The summed E-state index contributed by atoms with van der Waals surface area (Å²) in [4.78, 5) is 16.3. The van der Waals surface area contributed by atoms with Gasteiger partial charge < -0.3 is 24.4 Å². The smallest absolute Gasteiger partial charge is 0.310 e. The maximum absolute atomic E-state index is 12.1. The van der Waals surface area contributed by atoms with E-state index in [-0.39, 0.29) is 19.0 Å². The van der Waals surface area contributed by atoms with Crippen molar-refractivity contribution in [1.82, 2.24) is 4.98 Å². The molecule has 2 aromatic heterocycles. The maximum Gasteiger partial charge on any atom is 0.310 e. The molecule has 0 bridgehead atoms. The van der Waals surface area contributed by atoms with Gasteiger partial charge in [-0.25, -0.2) is 0 Å². The van der Waals surface area contributed by atoms with Gasteiger partial charge in [0.05, 0.1) is 25.8 Å². The fraction of sp³-hybridized carbons (Fsp3) is 0.259. The quantitative estimate of drug-likeness (QED) is 0.353. The lowest BCUT2D eigenvalue weighted by Gasteiger charge is -2.13. The highest BCUT2D eigenvalue weighted by Crippen LogP contribution is 2.33. The number of rotatable bonds is 9. The van der Waals surface area contributed by atoms with Crippen molar-refractivity contribution in [3.63, 3.8) is 0 Å². The molecule has 0 amide bonds. The molecule has 4 aromatic rings. The minimum atomic E-state index is -0.304. The largest absolute Gasteiger partial charge is 0.497 e. The number of hydrogen-bond acceptors (Lipinski definition) is 7. The number of nitrogens with zero attached hydrogens (tertiary/aromatic N) is 1. The van der Waals surface area contributed by atoms with Gasteiger partial charge in [-0.2, -0.15) is 0 Å². The zero-order valence-corrected chi connectivity index (χ0v) is 19.6. The first-order valence-electron chi connectivity index (χ1n) is 11.1. The molecule has 176 valence electrons. The van der Waals surface area contributed by atoms with E-state index >= 15 is 0 Å². The number of benzene rings is 2. The van der Waals surface area contributed by atoms with Gasteiger partial charge in [0, 0.05) is 35.3 Å². The van der Waals surface area contributed by atoms with Crippen LogP contribution in [0.5, 0.6) is 11.5 Å². The molecule has 0 fully saturated rings. The van der Waals surface area contributed by atoms with Crippen molar-refractivity contribution in [3.05, 3.63) is 77.3 Å². The third kappa shape index (κ3) is 5.05. The lowest BCUT2D eigenvalue weighted by atomic mass is 10.0. The first-order valence-corrected chi connectivity index (χ1v) is 11.1. The van der Waals surface area contributed by atoms with Crippen LogP contribution in [0.1, 0.15) is 29.5 Å². The van der Waals surface area contributed by atoms with Gasteiger partial charge in [-0.15, -0.1) is 0 Å². The standard InChI is InChI=1S/C27H28N2O5/c1-4-32-27(30)13-20-5-7-22(31-3)14-26(20)33-16-24-17(2)34-25-8-6-18(12-23(24)25)19-9-10-29-21(11-19)15-28/h5-12,14H,4,13,15-16,28H2,1-3H3. The second-order valence-electron chi connectivity index (χ2n) is 7.83. The highest BCUT2D eigenvalue weighted by molar-refractivity contribution is 5.87. The molecular weight excluding hydrogens is 432 g/mol. The van der Waals surface area contributed by atoms with Crippen LogP contribution in [0.2, 0.25) is 0 Å². The number of carbonyl (C=O) groups is 1. The molecule has 7 nitrogen and oxygen atoms in total. The van der Waals surface area contributed by atoms with Gasteiger partial charge >= 0.3 is 5.97 Å². The molecular formula is C27H28N2O5. The van der Waals surface area contributed by atoms with E-state index in [9.17, 15) is 4.79 Å². The number of aromatic nitrogens is 1. The zero-order chi connectivity index (χ0) is 24.1. The van der Waals surface area contributed by atoms with Crippen molar-refractivity contribution in [2.24, 2.45) is 5.73 Å². The van der Waals surface area contributed by atoms with Crippen molar-refractivity contribution < 1.29 is 23.4 Å². The molecule has 0 aliphatic rings. The molecule has 2 heterocycles. The van der Waals surface area contributed by atoms with Gasteiger partial charge in [-0.3, -0.25) is 9.78 Å². The van der Waals surface area contributed by atoms with Crippen molar-refractivity contribution in [2.75, 3.05) is 13.7 Å². The van der Waals surface area contributed by atoms with E-state index in [4.69, 9.17) is 24.4 Å². The highest BCUT2D eigenvalue weighted by Gasteiger charge is 2.16. The van der Waals surface area contributed by atoms with Crippen LogP contribution in [0.25, 0.3) is 22.1 Å². The number of nitrogens with two attached hydrogens (primary N) is 1. The van der Waals surface area contributed by atoms with E-state index in [2.05, 4.69) is 11.1 Å². The molecule has 0 aliphatic heterocycles. The summed E-state index contributed by atoms with van der Waals surface area (Å²) in [6.07, 6.45) is 1.88. The molecule has 0 saturated carbocycles. The number of ether oxygens (including phenoxy) is 3. The lowest BCUT2D eigenvalue weighted by molar-refractivity contribution is -0.142. The van der Waals surface area contributed by atoms with Gasteiger partial charge in [0.1, 0.15) is 29.4 Å². The minimum absolute atomic E-state index is 0.119. The average molecular weight is 461 g/mol. The fourth-order valence-electron chi connectivity index (χ4n) is 3.86. The Morgan fingerprint density at radius 2 is 1.91 bits per heavy atom. The Morgan fingerprint density at radius 3 is 2.68 bits per heavy atom. The molecule has 0 spiro atoms. The van der Waals surface area contributed by atoms with Crippen LogP contribution >= 0.6 is 0 Å². The predicted molar refractivity (Wildman–Crippen MR) is 130 cm³/mol. The number of furan rings is 1. The summed E-state index contributed by atoms with van der Waals surface area (Å²) in [7, 11) is 1.59. The summed E-state index contributed by atoms with van der Waals surface area (Å²) in [6.45, 7) is 4.69. The number of fused-ring (bicyclic) bond motifs is 1. The maximum atomic E-state index is 12.1. The molecule has 2 N–H and O–H groups in total. The zero-order valence-electron chi connectivity index (χ0n) is 19.6.